The van der Waals surface area contributed by atoms with E-state index in [0.717, 1.165) is 17.9 Å². The molecule has 0 aromatic carbocycles. The summed E-state index contributed by atoms with van der Waals surface area (Å²) in [6.45, 7) is 5.51. The number of rotatable bonds is 4. The second-order valence-corrected chi connectivity index (χ2v) is 4.76. The second-order valence-electron chi connectivity index (χ2n) is 4.20. The van der Waals surface area contributed by atoms with Crippen molar-refractivity contribution in [2.24, 2.45) is 5.92 Å². The Balaban J connectivity index is 2.34. The van der Waals surface area contributed by atoms with Gasteiger partial charge in [-0.05, 0) is 31.6 Å². The van der Waals surface area contributed by atoms with E-state index in [2.05, 4.69) is 29.8 Å². The van der Waals surface area contributed by atoms with Crippen molar-refractivity contribution in [2.45, 2.75) is 45.1 Å². The van der Waals surface area contributed by atoms with Crippen molar-refractivity contribution in [3.05, 3.63) is 0 Å². The van der Waals surface area contributed by atoms with Gasteiger partial charge >= 0.3 is 0 Å². The highest BCUT2D eigenvalue weighted by Crippen LogP contribution is 2.33. The van der Waals surface area contributed by atoms with Crippen LogP contribution in [0.5, 0.6) is 0 Å². The second kappa shape index (κ2) is 4.61. The molecule has 1 heterocycles. The fourth-order valence-electron chi connectivity index (χ4n) is 1.68. The van der Waals surface area contributed by atoms with Crippen LogP contribution >= 0.6 is 15.9 Å². The molecule has 1 nitrogen and oxygen atoms in total. The van der Waals surface area contributed by atoms with E-state index in [-0.39, 0.29) is 5.60 Å². The van der Waals surface area contributed by atoms with E-state index in [9.17, 15) is 0 Å². The van der Waals surface area contributed by atoms with Gasteiger partial charge in [0, 0.05) is 11.9 Å². The molecule has 1 fully saturated rings. The third-order valence-electron chi connectivity index (χ3n) is 2.61. The Morgan fingerprint density at radius 2 is 2.25 bits per heavy atom. The maximum atomic E-state index is 5.79. The van der Waals surface area contributed by atoms with Crippen LogP contribution in [0.1, 0.15) is 39.5 Å². The van der Waals surface area contributed by atoms with Crippen molar-refractivity contribution < 1.29 is 4.74 Å². The average molecular weight is 235 g/mol. The van der Waals surface area contributed by atoms with Gasteiger partial charge in [-0.3, -0.25) is 0 Å². The molecular formula is C10H19BrO. The van der Waals surface area contributed by atoms with E-state index >= 15 is 0 Å². The van der Waals surface area contributed by atoms with E-state index in [0.29, 0.717) is 0 Å². The van der Waals surface area contributed by atoms with Gasteiger partial charge in [-0.25, -0.2) is 0 Å². The average Bonchev–Trinajstić information content (AvgIpc) is 2.50. The highest BCUT2D eigenvalue weighted by molar-refractivity contribution is 9.09. The van der Waals surface area contributed by atoms with Gasteiger partial charge in [0.2, 0.25) is 0 Å². The lowest BCUT2D eigenvalue weighted by Gasteiger charge is -2.26. The summed E-state index contributed by atoms with van der Waals surface area (Å²) < 4.78 is 5.79. The monoisotopic (exact) mass is 234 g/mol. The zero-order valence-corrected chi connectivity index (χ0v) is 9.69. The van der Waals surface area contributed by atoms with Gasteiger partial charge in [-0.2, -0.15) is 0 Å². The molecule has 2 heteroatoms. The first-order valence-corrected chi connectivity index (χ1v) is 6.01. The summed E-state index contributed by atoms with van der Waals surface area (Å²) in [4.78, 5) is 0. The molecule has 1 rings (SSSR count). The number of hydrogen-bond donors (Lipinski definition) is 0. The molecule has 12 heavy (non-hydrogen) atoms. The molecule has 0 spiro atoms. The molecule has 0 aromatic heterocycles. The summed E-state index contributed by atoms with van der Waals surface area (Å²) >= 11 is 3.56. The van der Waals surface area contributed by atoms with Gasteiger partial charge in [0.15, 0.2) is 0 Å². The molecule has 1 saturated heterocycles. The minimum absolute atomic E-state index is 0.185. The first-order chi connectivity index (χ1) is 5.68. The lowest BCUT2D eigenvalue weighted by Crippen LogP contribution is -2.30. The first kappa shape index (κ1) is 10.5. The molecule has 0 aromatic rings. The molecule has 1 unspecified atom stereocenters. The number of alkyl halides is 1. The first-order valence-electron chi connectivity index (χ1n) is 4.88. The summed E-state index contributed by atoms with van der Waals surface area (Å²) in [5, 5.41) is 1.01. The van der Waals surface area contributed by atoms with Crippen LogP contribution in [-0.2, 0) is 4.74 Å². The van der Waals surface area contributed by atoms with Crippen LogP contribution in [0.4, 0.5) is 0 Å². The quantitative estimate of drug-likeness (QED) is 0.679. The van der Waals surface area contributed by atoms with E-state index in [1.165, 1.54) is 25.7 Å². The number of ether oxygens (including phenoxy) is 1. The molecule has 1 aliphatic rings. The summed E-state index contributed by atoms with van der Waals surface area (Å²) in [6.07, 6.45) is 4.98. The molecule has 0 saturated carbocycles. The zero-order valence-electron chi connectivity index (χ0n) is 8.11. The van der Waals surface area contributed by atoms with Crippen molar-refractivity contribution in [2.75, 3.05) is 11.9 Å². The van der Waals surface area contributed by atoms with Crippen LogP contribution in [-0.4, -0.2) is 17.5 Å². The topological polar surface area (TPSA) is 9.23 Å². The van der Waals surface area contributed by atoms with E-state index in [1.54, 1.807) is 0 Å². The zero-order chi connectivity index (χ0) is 9.03. The van der Waals surface area contributed by atoms with Crippen molar-refractivity contribution in [3.63, 3.8) is 0 Å². The molecule has 0 radical (unpaired) electrons. The Morgan fingerprint density at radius 1 is 1.50 bits per heavy atom. The highest BCUT2D eigenvalue weighted by atomic mass is 79.9. The van der Waals surface area contributed by atoms with Gasteiger partial charge in [0.1, 0.15) is 0 Å². The van der Waals surface area contributed by atoms with Crippen LogP contribution in [0.2, 0.25) is 0 Å². The molecular weight excluding hydrogens is 216 g/mol. The number of halogens is 1. The van der Waals surface area contributed by atoms with Gasteiger partial charge in [-0.1, -0.05) is 29.8 Å². The fraction of sp³-hybridized carbons (Fsp3) is 1.00. The van der Waals surface area contributed by atoms with Crippen LogP contribution < -0.4 is 0 Å². The van der Waals surface area contributed by atoms with Crippen molar-refractivity contribution in [1.82, 2.24) is 0 Å². The Morgan fingerprint density at radius 3 is 2.67 bits per heavy atom. The summed E-state index contributed by atoms with van der Waals surface area (Å²) in [6, 6.07) is 0. The van der Waals surface area contributed by atoms with Gasteiger partial charge in [0.25, 0.3) is 0 Å². The summed E-state index contributed by atoms with van der Waals surface area (Å²) in [5.74, 6) is 0.796. The Bertz CT molecular complexity index is 128. The molecule has 1 atom stereocenters. The molecule has 0 amide bonds. The van der Waals surface area contributed by atoms with Crippen molar-refractivity contribution >= 4 is 15.9 Å². The lowest BCUT2D eigenvalue weighted by molar-refractivity contribution is 0.0145. The smallest absolute Gasteiger partial charge is 0.0779 e. The van der Waals surface area contributed by atoms with Crippen LogP contribution in [0, 0.1) is 5.92 Å². The molecule has 0 bridgehead atoms. The Labute approximate surface area is 84.0 Å². The Hall–Kier alpha value is 0.440. The van der Waals surface area contributed by atoms with Gasteiger partial charge in [-0.15, -0.1) is 0 Å². The van der Waals surface area contributed by atoms with E-state index < -0.39 is 0 Å². The minimum Gasteiger partial charge on any atom is -0.374 e. The fourth-order valence-corrected chi connectivity index (χ4v) is 2.40. The van der Waals surface area contributed by atoms with Crippen LogP contribution in [0.15, 0.2) is 0 Å². The molecule has 0 N–H and O–H groups in total. The van der Waals surface area contributed by atoms with Crippen molar-refractivity contribution in [3.8, 4) is 0 Å². The summed E-state index contributed by atoms with van der Waals surface area (Å²) in [5.41, 5.74) is 0.185. The largest absolute Gasteiger partial charge is 0.374 e. The van der Waals surface area contributed by atoms with Gasteiger partial charge < -0.3 is 4.74 Å². The van der Waals surface area contributed by atoms with E-state index in [1.807, 2.05) is 0 Å². The lowest BCUT2D eigenvalue weighted by atomic mass is 9.93. The molecule has 72 valence electrons. The maximum Gasteiger partial charge on any atom is 0.0779 e. The van der Waals surface area contributed by atoms with E-state index in [4.69, 9.17) is 4.74 Å². The SMILES string of the molecule is CC(C)CCC1(CBr)CCCO1. The van der Waals surface area contributed by atoms with Crippen molar-refractivity contribution in [1.29, 1.82) is 0 Å². The van der Waals surface area contributed by atoms with Crippen LogP contribution in [0.3, 0.4) is 0 Å². The number of hydrogen-bond acceptors (Lipinski definition) is 1. The standard InChI is InChI=1S/C10H19BrO/c1-9(2)4-6-10(8-11)5-3-7-12-10/h9H,3-8H2,1-2H3. The summed E-state index contributed by atoms with van der Waals surface area (Å²) in [7, 11) is 0. The third-order valence-corrected chi connectivity index (χ3v) is 3.63. The van der Waals surface area contributed by atoms with Crippen LogP contribution in [0.25, 0.3) is 0 Å². The molecule has 0 aliphatic carbocycles. The normalized spacial score (nSPS) is 30.0. The minimum atomic E-state index is 0.185. The van der Waals surface area contributed by atoms with Gasteiger partial charge in [0.05, 0.1) is 5.60 Å². The predicted molar refractivity (Wildman–Crippen MR) is 55.8 cm³/mol. The Kier molecular flexibility index (Phi) is 4.04. The predicted octanol–water partition coefficient (Wildman–Crippen LogP) is 3.37. The third kappa shape index (κ3) is 2.74. The highest BCUT2D eigenvalue weighted by Gasteiger charge is 2.33. The molecule has 1 aliphatic heterocycles. The maximum absolute atomic E-state index is 5.79.